The number of hydrogen-bond donors (Lipinski definition) is 0. The fourth-order valence-electron chi connectivity index (χ4n) is 3.74. The Bertz CT molecular complexity index is 919. The van der Waals surface area contributed by atoms with Crippen LogP contribution in [0.4, 0.5) is 0 Å². The van der Waals surface area contributed by atoms with E-state index in [-0.39, 0.29) is 5.60 Å². The molecule has 0 atom stereocenters. The molecule has 0 spiro atoms. The van der Waals surface area contributed by atoms with Gasteiger partial charge in [0.15, 0.2) is 0 Å². The van der Waals surface area contributed by atoms with E-state index in [4.69, 9.17) is 4.74 Å². The second-order valence-electron chi connectivity index (χ2n) is 7.01. The average molecular weight is 302 g/mol. The maximum Gasteiger partial charge on any atom is 0.130 e. The Kier molecular flexibility index (Phi) is 3.02. The smallest absolute Gasteiger partial charge is 0.130 e. The molecule has 0 bridgehead atoms. The highest BCUT2D eigenvalue weighted by molar-refractivity contribution is 5.95. The Hall–Kier alpha value is -2.28. The van der Waals surface area contributed by atoms with Gasteiger partial charge in [0.25, 0.3) is 0 Å². The first-order chi connectivity index (χ1) is 11.0. The third kappa shape index (κ3) is 2.15. The molecule has 23 heavy (non-hydrogen) atoms. The number of rotatable bonds is 1. The van der Waals surface area contributed by atoms with E-state index in [0.29, 0.717) is 0 Å². The van der Waals surface area contributed by atoms with Gasteiger partial charge in [-0.05, 0) is 55.2 Å². The minimum absolute atomic E-state index is 0.330. The third-order valence-electron chi connectivity index (χ3n) is 4.89. The topological polar surface area (TPSA) is 9.23 Å². The van der Waals surface area contributed by atoms with E-state index in [1.54, 1.807) is 0 Å². The summed E-state index contributed by atoms with van der Waals surface area (Å²) in [7, 11) is 0. The largest absolute Gasteiger partial charge is 0.482 e. The van der Waals surface area contributed by atoms with Crippen LogP contribution in [0, 0.1) is 6.92 Å². The van der Waals surface area contributed by atoms with Crippen molar-refractivity contribution in [2.45, 2.75) is 39.7 Å². The van der Waals surface area contributed by atoms with Crippen LogP contribution in [0.2, 0.25) is 0 Å². The van der Waals surface area contributed by atoms with Crippen molar-refractivity contribution < 1.29 is 4.74 Å². The molecule has 0 amide bonds. The van der Waals surface area contributed by atoms with Crippen LogP contribution in [0.3, 0.4) is 0 Å². The molecule has 0 N–H and O–H groups in total. The first-order valence-corrected chi connectivity index (χ1v) is 8.36. The van der Waals surface area contributed by atoms with Crippen LogP contribution in [-0.2, 0) is 12.0 Å². The van der Waals surface area contributed by atoms with Gasteiger partial charge < -0.3 is 4.74 Å². The van der Waals surface area contributed by atoms with Gasteiger partial charge in [-0.1, -0.05) is 55.0 Å². The summed E-state index contributed by atoms with van der Waals surface area (Å²) in [5.74, 6) is 1.01. The summed E-state index contributed by atoms with van der Waals surface area (Å²) < 4.78 is 6.43. The Morgan fingerprint density at radius 3 is 2.48 bits per heavy atom. The Balaban J connectivity index is 2.06. The fraction of sp³-hybridized carbons (Fsp3) is 0.273. The van der Waals surface area contributed by atoms with Crippen molar-refractivity contribution >= 4 is 10.8 Å². The van der Waals surface area contributed by atoms with E-state index in [2.05, 4.69) is 76.2 Å². The van der Waals surface area contributed by atoms with E-state index in [9.17, 15) is 0 Å². The summed E-state index contributed by atoms with van der Waals surface area (Å²) >= 11 is 0. The van der Waals surface area contributed by atoms with E-state index >= 15 is 0 Å². The zero-order valence-corrected chi connectivity index (χ0v) is 14.2. The number of hydrogen-bond acceptors (Lipinski definition) is 1. The van der Waals surface area contributed by atoms with Crippen molar-refractivity contribution in [2.75, 3.05) is 0 Å². The summed E-state index contributed by atoms with van der Waals surface area (Å²) in [5.41, 5.74) is 6.09. The second-order valence-corrected chi connectivity index (χ2v) is 7.01. The maximum absolute atomic E-state index is 6.43. The molecule has 3 aromatic carbocycles. The number of benzene rings is 3. The van der Waals surface area contributed by atoms with Crippen LogP contribution < -0.4 is 4.74 Å². The van der Waals surface area contributed by atoms with Crippen molar-refractivity contribution in [3.63, 3.8) is 0 Å². The van der Waals surface area contributed by atoms with Crippen LogP contribution in [0.5, 0.6) is 5.75 Å². The summed E-state index contributed by atoms with van der Waals surface area (Å²) in [6, 6.07) is 17.8. The predicted molar refractivity (Wildman–Crippen MR) is 97.2 cm³/mol. The van der Waals surface area contributed by atoms with Gasteiger partial charge in [0, 0.05) is 11.1 Å². The van der Waals surface area contributed by atoms with Gasteiger partial charge >= 0.3 is 0 Å². The predicted octanol–water partition coefficient (Wildman–Crippen LogP) is 6.01. The molecule has 0 aromatic heterocycles. The quantitative estimate of drug-likeness (QED) is 0.535. The van der Waals surface area contributed by atoms with E-state index in [1.165, 1.54) is 38.6 Å². The monoisotopic (exact) mass is 302 g/mol. The van der Waals surface area contributed by atoms with Crippen LogP contribution in [0.1, 0.15) is 37.5 Å². The lowest BCUT2D eigenvalue weighted by Gasteiger charge is -2.36. The van der Waals surface area contributed by atoms with Crippen LogP contribution in [-0.4, -0.2) is 0 Å². The van der Waals surface area contributed by atoms with Crippen molar-refractivity contribution in [3.05, 3.63) is 65.2 Å². The molecule has 4 rings (SSSR count). The lowest BCUT2D eigenvalue weighted by atomic mass is 9.82. The molecule has 1 heteroatoms. The zero-order chi connectivity index (χ0) is 16.2. The van der Waals surface area contributed by atoms with E-state index in [1.807, 2.05) is 0 Å². The number of aryl methyl sites for hydroxylation is 2. The molecule has 116 valence electrons. The second kappa shape index (κ2) is 4.86. The Morgan fingerprint density at radius 2 is 1.70 bits per heavy atom. The summed E-state index contributed by atoms with van der Waals surface area (Å²) in [4.78, 5) is 0. The van der Waals surface area contributed by atoms with E-state index in [0.717, 1.165) is 12.2 Å². The van der Waals surface area contributed by atoms with Gasteiger partial charge in [-0.3, -0.25) is 0 Å². The average Bonchev–Trinajstić information content (AvgIpc) is 2.52. The third-order valence-corrected chi connectivity index (χ3v) is 4.89. The normalized spacial score (nSPS) is 15.0. The molecule has 1 nitrogen and oxygen atoms in total. The highest BCUT2D eigenvalue weighted by atomic mass is 16.5. The Labute approximate surface area is 137 Å². The van der Waals surface area contributed by atoms with Crippen LogP contribution >= 0.6 is 0 Å². The molecule has 1 heterocycles. The highest BCUT2D eigenvalue weighted by Crippen LogP contribution is 2.48. The lowest BCUT2D eigenvalue weighted by Crippen LogP contribution is -2.29. The minimum atomic E-state index is -0.330. The highest BCUT2D eigenvalue weighted by Gasteiger charge is 2.34. The van der Waals surface area contributed by atoms with Crippen molar-refractivity contribution in [1.29, 1.82) is 0 Å². The van der Waals surface area contributed by atoms with E-state index < -0.39 is 0 Å². The molecule has 0 unspecified atom stereocenters. The molecule has 1 aliphatic heterocycles. The zero-order valence-electron chi connectivity index (χ0n) is 14.2. The molecular formula is C22H22O. The van der Waals surface area contributed by atoms with Gasteiger partial charge in [-0.2, -0.15) is 0 Å². The molecule has 3 aromatic rings. The van der Waals surface area contributed by atoms with Gasteiger partial charge in [0.2, 0.25) is 0 Å². The van der Waals surface area contributed by atoms with Crippen molar-refractivity contribution in [1.82, 2.24) is 0 Å². The maximum atomic E-state index is 6.43. The lowest BCUT2D eigenvalue weighted by molar-refractivity contribution is 0.107. The molecule has 0 saturated carbocycles. The number of fused-ring (bicyclic) bond motifs is 5. The molecular weight excluding hydrogens is 280 g/mol. The van der Waals surface area contributed by atoms with Gasteiger partial charge in [-0.25, -0.2) is 0 Å². The SMILES string of the molecule is CCc1ccc2c(c1)OC(C)(C)c1c-2ccc2cc(C)ccc12. The fourth-order valence-corrected chi connectivity index (χ4v) is 3.74. The first-order valence-electron chi connectivity index (χ1n) is 8.36. The number of ether oxygens (including phenoxy) is 1. The summed E-state index contributed by atoms with van der Waals surface area (Å²) in [5, 5.41) is 2.58. The first kappa shape index (κ1) is 14.3. The van der Waals surface area contributed by atoms with Gasteiger partial charge in [0.1, 0.15) is 11.4 Å². The molecule has 0 fully saturated rings. The van der Waals surface area contributed by atoms with Gasteiger partial charge in [-0.15, -0.1) is 0 Å². The standard InChI is InChI=1S/C22H22O/c1-5-15-7-10-18-19-11-8-16-12-14(2)6-9-17(16)21(19)22(3,4)23-20(18)13-15/h6-13H,5H2,1-4H3. The molecule has 1 aliphatic rings. The van der Waals surface area contributed by atoms with Crippen LogP contribution in [0.15, 0.2) is 48.5 Å². The summed E-state index contributed by atoms with van der Waals surface area (Å²) in [6.45, 7) is 8.67. The van der Waals surface area contributed by atoms with Crippen LogP contribution in [0.25, 0.3) is 21.9 Å². The Morgan fingerprint density at radius 1 is 0.913 bits per heavy atom. The van der Waals surface area contributed by atoms with Crippen molar-refractivity contribution in [3.8, 4) is 16.9 Å². The molecule has 0 radical (unpaired) electrons. The molecule has 0 saturated heterocycles. The molecule has 0 aliphatic carbocycles. The van der Waals surface area contributed by atoms with Gasteiger partial charge in [0.05, 0.1) is 0 Å². The summed E-state index contributed by atoms with van der Waals surface area (Å²) in [6.07, 6.45) is 1.03. The minimum Gasteiger partial charge on any atom is -0.482 e. The van der Waals surface area contributed by atoms with Crippen molar-refractivity contribution in [2.24, 2.45) is 0 Å².